The van der Waals surface area contributed by atoms with E-state index < -0.39 is 10.0 Å². The zero-order valence-electron chi connectivity index (χ0n) is 19.5. The second-order valence-electron chi connectivity index (χ2n) is 10.5. The fraction of sp³-hybridized carbons (Fsp3) is 0.500. The first kappa shape index (κ1) is 22.4. The minimum absolute atomic E-state index is 0.0187. The van der Waals surface area contributed by atoms with Gasteiger partial charge in [0, 0.05) is 41.2 Å². The lowest BCUT2D eigenvalue weighted by Crippen LogP contribution is -2.38. The number of fused-ring (bicyclic) bond motifs is 2. The number of carbonyl (C=O) groups is 1. The predicted molar refractivity (Wildman–Crippen MR) is 137 cm³/mol. The van der Waals surface area contributed by atoms with Gasteiger partial charge in [0.2, 0.25) is 10.0 Å². The lowest BCUT2D eigenvalue weighted by Gasteiger charge is -2.34. The van der Waals surface area contributed by atoms with Crippen molar-refractivity contribution in [2.45, 2.75) is 67.7 Å². The second kappa shape index (κ2) is 8.00. The van der Waals surface area contributed by atoms with Crippen molar-refractivity contribution in [3.63, 3.8) is 0 Å². The van der Waals surface area contributed by atoms with Crippen LogP contribution in [-0.2, 0) is 15.4 Å². The standard InChI is InChI=1S/C26H31N3O3S2/c1-33-27-19-8-9-22-21(15-19)26(10-3-2-4-11-26)17-29(22)24(30)18-6-5-7-20(14-18)34(31,32)28-23-16-25(23)12-13-25/h5-9,14-15,23,27-28H,2-4,10-13,16-17H2,1H3. The highest BCUT2D eigenvalue weighted by molar-refractivity contribution is 7.99. The van der Waals surface area contributed by atoms with E-state index in [4.69, 9.17) is 0 Å². The molecular weight excluding hydrogens is 466 g/mol. The van der Waals surface area contributed by atoms with Gasteiger partial charge in [-0.25, -0.2) is 13.1 Å². The molecule has 2 aromatic rings. The normalized spacial score (nSPS) is 23.7. The van der Waals surface area contributed by atoms with E-state index in [-0.39, 0.29) is 27.7 Å². The van der Waals surface area contributed by atoms with Gasteiger partial charge in [0.15, 0.2) is 0 Å². The largest absolute Gasteiger partial charge is 0.330 e. The highest BCUT2D eigenvalue weighted by Crippen LogP contribution is 2.66. The van der Waals surface area contributed by atoms with Gasteiger partial charge >= 0.3 is 0 Å². The molecule has 2 aromatic carbocycles. The van der Waals surface area contributed by atoms with Crippen LogP contribution in [0.3, 0.4) is 0 Å². The Hall–Kier alpha value is -2.03. The molecule has 0 radical (unpaired) electrons. The van der Waals surface area contributed by atoms with Gasteiger partial charge in [-0.1, -0.05) is 37.3 Å². The van der Waals surface area contributed by atoms with Crippen LogP contribution in [0.25, 0.3) is 0 Å². The average Bonchev–Trinajstić information content (AvgIpc) is 3.74. The minimum Gasteiger partial charge on any atom is -0.330 e. The third-order valence-corrected chi connectivity index (χ3v) is 10.3. The molecule has 0 bridgehead atoms. The molecule has 3 aliphatic carbocycles. The molecule has 6 rings (SSSR count). The zero-order valence-corrected chi connectivity index (χ0v) is 21.1. The van der Waals surface area contributed by atoms with Crippen LogP contribution >= 0.6 is 11.9 Å². The lowest BCUT2D eigenvalue weighted by atomic mass is 9.70. The monoisotopic (exact) mass is 497 g/mol. The maximum absolute atomic E-state index is 13.8. The van der Waals surface area contributed by atoms with E-state index in [0.717, 1.165) is 43.5 Å². The fourth-order valence-electron chi connectivity index (χ4n) is 6.12. The Morgan fingerprint density at radius 2 is 1.85 bits per heavy atom. The molecule has 2 N–H and O–H groups in total. The summed E-state index contributed by atoms with van der Waals surface area (Å²) < 4.78 is 32.2. The zero-order chi connectivity index (χ0) is 23.6. The van der Waals surface area contributed by atoms with Gasteiger partial charge in [-0.15, -0.1) is 0 Å². The van der Waals surface area contributed by atoms with Crippen LogP contribution in [0.4, 0.5) is 11.4 Å². The van der Waals surface area contributed by atoms with E-state index in [1.807, 2.05) is 23.3 Å². The number of benzene rings is 2. The SMILES string of the molecule is CSNc1ccc2c(c1)C1(CCCCC1)CN2C(=O)c1cccc(S(=O)(=O)NC2CC23CC3)c1. The van der Waals surface area contributed by atoms with Crippen molar-refractivity contribution in [2.24, 2.45) is 5.41 Å². The van der Waals surface area contributed by atoms with Gasteiger partial charge in [0.1, 0.15) is 0 Å². The van der Waals surface area contributed by atoms with E-state index in [1.54, 1.807) is 36.2 Å². The van der Waals surface area contributed by atoms with Crippen LogP contribution in [0.15, 0.2) is 47.4 Å². The number of nitrogens with zero attached hydrogens (tertiary/aromatic N) is 1. The predicted octanol–water partition coefficient (Wildman–Crippen LogP) is 5.07. The number of anilines is 2. The molecule has 180 valence electrons. The van der Waals surface area contributed by atoms with Crippen LogP contribution in [-0.4, -0.2) is 33.2 Å². The molecule has 3 fully saturated rings. The fourth-order valence-corrected chi connectivity index (χ4v) is 7.87. The van der Waals surface area contributed by atoms with E-state index in [2.05, 4.69) is 15.5 Å². The first-order valence-corrected chi connectivity index (χ1v) is 14.9. The average molecular weight is 498 g/mol. The van der Waals surface area contributed by atoms with Gasteiger partial charge in [-0.05, 0) is 79.5 Å². The van der Waals surface area contributed by atoms with Crippen molar-refractivity contribution >= 4 is 39.3 Å². The molecule has 1 heterocycles. The highest BCUT2D eigenvalue weighted by Gasteiger charge is 2.63. The molecule has 1 amide bonds. The molecule has 8 heteroatoms. The van der Waals surface area contributed by atoms with Crippen molar-refractivity contribution in [3.8, 4) is 0 Å². The van der Waals surface area contributed by atoms with Crippen LogP contribution in [0.5, 0.6) is 0 Å². The number of hydrogen-bond acceptors (Lipinski definition) is 5. The van der Waals surface area contributed by atoms with E-state index in [0.29, 0.717) is 12.1 Å². The Labute approximate surface area is 206 Å². The summed E-state index contributed by atoms with van der Waals surface area (Å²) in [6.07, 6.45) is 10.9. The summed E-state index contributed by atoms with van der Waals surface area (Å²) in [6, 6.07) is 12.9. The molecule has 2 spiro atoms. The van der Waals surface area contributed by atoms with Crippen molar-refractivity contribution in [2.75, 3.05) is 22.4 Å². The van der Waals surface area contributed by atoms with Gasteiger partial charge in [-0.3, -0.25) is 4.79 Å². The van der Waals surface area contributed by atoms with Crippen LogP contribution in [0.1, 0.15) is 67.3 Å². The van der Waals surface area contributed by atoms with Gasteiger partial charge < -0.3 is 9.62 Å². The Morgan fingerprint density at radius 3 is 2.56 bits per heavy atom. The van der Waals surface area contributed by atoms with E-state index in [9.17, 15) is 13.2 Å². The number of carbonyl (C=O) groups excluding carboxylic acids is 1. The van der Waals surface area contributed by atoms with Gasteiger partial charge in [-0.2, -0.15) is 0 Å². The third-order valence-electron chi connectivity index (χ3n) is 8.37. The number of rotatable bonds is 6. The Morgan fingerprint density at radius 1 is 1.06 bits per heavy atom. The first-order chi connectivity index (χ1) is 16.4. The summed E-state index contributed by atoms with van der Waals surface area (Å²) in [7, 11) is -3.64. The number of hydrogen-bond donors (Lipinski definition) is 2. The summed E-state index contributed by atoms with van der Waals surface area (Å²) in [4.78, 5) is 15.8. The van der Waals surface area contributed by atoms with Crippen molar-refractivity contribution in [1.29, 1.82) is 0 Å². The summed E-state index contributed by atoms with van der Waals surface area (Å²) in [5.74, 6) is -0.128. The molecule has 6 nitrogen and oxygen atoms in total. The summed E-state index contributed by atoms with van der Waals surface area (Å²) in [5.41, 5.74) is 3.89. The molecule has 1 aliphatic heterocycles. The maximum atomic E-state index is 13.8. The quantitative estimate of drug-likeness (QED) is 0.545. The van der Waals surface area contributed by atoms with Crippen LogP contribution in [0, 0.1) is 5.41 Å². The van der Waals surface area contributed by atoms with Crippen molar-refractivity contribution in [1.82, 2.24) is 4.72 Å². The highest BCUT2D eigenvalue weighted by atomic mass is 32.2. The van der Waals surface area contributed by atoms with Crippen LogP contribution < -0.4 is 14.3 Å². The molecule has 3 saturated carbocycles. The Bertz CT molecular complexity index is 1250. The van der Waals surface area contributed by atoms with Crippen LogP contribution in [0.2, 0.25) is 0 Å². The summed E-state index contributed by atoms with van der Waals surface area (Å²) >= 11 is 1.56. The van der Waals surface area contributed by atoms with Gasteiger partial charge in [0.05, 0.1) is 4.90 Å². The first-order valence-electron chi connectivity index (χ1n) is 12.2. The van der Waals surface area contributed by atoms with Crippen molar-refractivity contribution in [3.05, 3.63) is 53.6 Å². The molecule has 0 saturated heterocycles. The minimum atomic E-state index is -3.64. The number of nitrogens with one attached hydrogen (secondary N) is 2. The maximum Gasteiger partial charge on any atom is 0.258 e. The number of sulfonamides is 1. The lowest BCUT2D eigenvalue weighted by molar-refractivity contribution is 0.0982. The topological polar surface area (TPSA) is 78.5 Å². The summed E-state index contributed by atoms with van der Waals surface area (Å²) in [6.45, 7) is 0.656. The van der Waals surface area contributed by atoms with Crippen molar-refractivity contribution < 1.29 is 13.2 Å². The second-order valence-corrected chi connectivity index (χ2v) is 12.9. The smallest absolute Gasteiger partial charge is 0.258 e. The van der Waals surface area contributed by atoms with E-state index in [1.165, 1.54) is 24.8 Å². The molecule has 1 unspecified atom stereocenters. The Kier molecular flexibility index (Phi) is 5.28. The number of amides is 1. The third kappa shape index (κ3) is 3.74. The summed E-state index contributed by atoms with van der Waals surface area (Å²) in [5, 5.41) is 0. The molecule has 34 heavy (non-hydrogen) atoms. The molecular formula is C26H31N3O3S2. The molecule has 0 aromatic heterocycles. The molecule has 4 aliphatic rings. The Balaban J connectivity index is 1.30. The van der Waals surface area contributed by atoms with Gasteiger partial charge in [0.25, 0.3) is 5.91 Å². The molecule has 1 atom stereocenters. The van der Waals surface area contributed by atoms with E-state index >= 15 is 0 Å².